The number of furan rings is 1. The first-order valence-corrected chi connectivity index (χ1v) is 6.17. The lowest BCUT2D eigenvalue weighted by molar-refractivity contribution is 0.462. The highest BCUT2D eigenvalue weighted by molar-refractivity contribution is 7.99. The van der Waals surface area contributed by atoms with Crippen molar-refractivity contribution in [2.45, 2.75) is 24.5 Å². The molecule has 0 amide bonds. The van der Waals surface area contributed by atoms with Gasteiger partial charge in [0.15, 0.2) is 0 Å². The molecule has 0 bridgehead atoms. The smallest absolute Gasteiger partial charge is 0.209 e. The van der Waals surface area contributed by atoms with E-state index in [1.165, 1.54) is 0 Å². The van der Waals surface area contributed by atoms with Gasteiger partial charge in [0.25, 0.3) is 0 Å². The molecule has 0 atom stereocenters. The van der Waals surface area contributed by atoms with E-state index in [4.69, 9.17) is 9.68 Å². The quantitative estimate of drug-likeness (QED) is 0.572. The van der Waals surface area contributed by atoms with Crippen molar-refractivity contribution in [3.05, 3.63) is 24.2 Å². The van der Waals surface area contributed by atoms with Crippen LogP contribution in [-0.4, -0.2) is 26.0 Å². The van der Waals surface area contributed by atoms with E-state index in [1.807, 2.05) is 12.1 Å². The van der Waals surface area contributed by atoms with E-state index in [9.17, 15) is 0 Å². The van der Waals surface area contributed by atoms with Gasteiger partial charge in [-0.3, -0.25) is 0 Å². The van der Waals surface area contributed by atoms with Crippen molar-refractivity contribution in [2.75, 3.05) is 5.75 Å². The van der Waals surface area contributed by atoms with Crippen LogP contribution in [0.2, 0.25) is 0 Å². The van der Waals surface area contributed by atoms with Crippen LogP contribution in [0.15, 0.2) is 28.0 Å². The molecule has 0 fully saturated rings. The predicted molar refractivity (Wildman–Crippen MR) is 61.2 cm³/mol. The van der Waals surface area contributed by atoms with Gasteiger partial charge in [0.2, 0.25) is 5.16 Å². The average molecular weight is 249 g/mol. The fraction of sp³-hybridized carbons (Fsp3) is 0.400. The van der Waals surface area contributed by atoms with Gasteiger partial charge in [-0.25, -0.2) is 4.68 Å². The summed E-state index contributed by atoms with van der Waals surface area (Å²) >= 11 is 1.55. The molecule has 0 saturated heterocycles. The highest BCUT2D eigenvalue weighted by Gasteiger charge is 2.08. The van der Waals surface area contributed by atoms with Gasteiger partial charge in [0.05, 0.1) is 12.3 Å². The third kappa shape index (κ3) is 3.32. The number of thioether (sulfide) groups is 1. The molecule has 17 heavy (non-hydrogen) atoms. The summed E-state index contributed by atoms with van der Waals surface area (Å²) in [4.78, 5) is 0. The van der Waals surface area contributed by atoms with E-state index in [0.717, 1.165) is 23.1 Å². The Balaban J connectivity index is 1.90. The lowest BCUT2D eigenvalue weighted by atomic mass is 10.4. The zero-order valence-corrected chi connectivity index (χ0v) is 9.93. The molecular formula is C10H11N5OS. The number of nitriles is 1. The third-order valence-electron chi connectivity index (χ3n) is 2.05. The summed E-state index contributed by atoms with van der Waals surface area (Å²) in [6, 6.07) is 5.83. The summed E-state index contributed by atoms with van der Waals surface area (Å²) in [6.07, 6.45) is 3.03. The normalized spacial score (nSPS) is 10.3. The first-order valence-electron chi connectivity index (χ1n) is 5.18. The zero-order valence-electron chi connectivity index (χ0n) is 9.11. The fourth-order valence-corrected chi connectivity index (χ4v) is 2.08. The van der Waals surface area contributed by atoms with Crippen LogP contribution in [0.1, 0.15) is 18.6 Å². The fourth-order valence-electron chi connectivity index (χ4n) is 1.26. The standard InChI is InChI=1S/C10H11N5OS/c11-5-1-2-7-17-10-12-13-14-15(10)8-9-4-3-6-16-9/h3-4,6H,1-2,7-8H2. The van der Waals surface area contributed by atoms with Gasteiger partial charge in [-0.1, -0.05) is 11.8 Å². The Labute approximate surface area is 103 Å². The maximum atomic E-state index is 8.43. The summed E-state index contributed by atoms with van der Waals surface area (Å²) in [7, 11) is 0. The minimum absolute atomic E-state index is 0.528. The average Bonchev–Trinajstić information content (AvgIpc) is 2.97. The van der Waals surface area contributed by atoms with Crippen LogP contribution < -0.4 is 0 Å². The van der Waals surface area contributed by atoms with E-state index in [2.05, 4.69) is 21.6 Å². The van der Waals surface area contributed by atoms with Gasteiger partial charge in [0, 0.05) is 12.2 Å². The zero-order chi connectivity index (χ0) is 11.9. The molecule has 2 rings (SSSR count). The van der Waals surface area contributed by atoms with Crippen molar-refractivity contribution in [1.29, 1.82) is 5.26 Å². The molecule has 0 aliphatic rings. The van der Waals surface area contributed by atoms with Crippen molar-refractivity contribution in [1.82, 2.24) is 20.2 Å². The minimum atomic E-state index is 0.528. The highest BCUT2D eigenvalue weighted by Crippen LogP contribution is 2.16. The maximum Gasteiger partial charge on any atom is 0.209 e. The Kier molecular flexibility index (Phi) is 4.16. The molecule has 2 heterocycles. The van der Waals surface area contributed by atoms with Crippen molar-refractivity contribution in [2.24, 2.45) is 0 Å². The number of rotatable bonds is 6. The monoisotopic (exact) mass is 249 g/mol. The molecule has 88 valence electrons. The number of hydrogen-bond acceptors (Lipinski definition) is 6. The Morgan fingerprint density at radius 1 is 1.53 bits per heavy atom. The van der Waals surface area contributed by atoms with E-state index in [0.29, 0.717) is 13.0 Å². The summed E-state index contributed by atoms with van der Waals surface area (Å²) < 4.78 is 6.93. The molecule has 0 N–H and O–H groups in total. The van der Waals surface area contributed by atoms with Crippen molar-refractivity contribution < 1.29 is 4.42 Å². The first kappa shape index (κ1) is 11.7. The summed E-state index contributed by atoms with van der Waals surface area (Å²) in [5, 5.41) is 20.7. The van der Waals surface area contributed by atoms with Crippen LogP contribution in [0, 0.1) is 11.3 Å². The van der Waals surface area contributed by atoms with Gasteiger partial charge in [-0.2, -0.15) is 5.26 Å². The molecule has 6 nitrogen and oxygen atoms in total. The number of hydrogen-bond donors (Lipinski definition) is 0. The van der Waals surface area contributed by atoms with Crippen LogP contribution in [0.3, 0.4) is 0 Å². The molecule has 7 heteroatoms. The molecular weight excluding hydrogens is 238 g/mol. The van der Waals surface area contributed by atoms with Gasteiger partial charge < -0.3 is 4.42 Å². The first-order chi connectivity index (χ1) is 8.40. The number of unbranched alkanes of at least 4 members (excludes halogenated alkanes) is 1. The summed E-state index contributed by atoms with van der Waals surface area (Å²) in [6.45, 7) is 0.528. The maximum absolute atomic E-state index is 8.43. The second kappa shape index (κ2) is 6.06. The van der Waals surface area contributed by atoms with Crippen LogP contribution in [0.4, 0.5) is 0 Å². The van der Waals surface area contributed by atoms with E-state index < -0.39 is 0 Å². The molecule has 0 aromatic carbocycles. The van der Waals surface area contributed by atoms with Gasteiger partial charge >= 0.3 is 0 Å². The molecule has 0 unspecified atom stereocenters. The molecule has 0 radical (unpaired) electrons. The second-order valence-electron chi connectivity index (χ2n) is 3.31. The lowest BCUT2D eigenvalue weighted by Crippen LogP contribution is -2.03. The third-order valence-corrected chi connectivity index (χ3v) is 3.09. The van der Waals surface area contributed by atoms with E-state index >= 15 is 0 Å². The molecule has 0 spiro atoms. The Morgan fingerprint density at radius 2 is 2.47 bits per heavy atom. The van der Waals surface area contributed by atoms with E-state index in [1.54, 1.807) is 22.7 Å². The molecule has 2 aromatic heterocycles. The van der Waals surface area contributed by atoms with Gasteiger partial charge in [0.1, 0.15) is 12.3 Å². The summed E-state index contributed by atoms with van der Waals surface area (Å²) in [5.74, 6) is 1.66. The minimum Gasteiger partial charge on any atom is -0.467 e. The molecule has 0 saturated carbocycles. The topological polar surface area (TPSA) is 80.5 Å². The largest absolute Gasteiger partial charge is 0.467 e. The van der Waals surface area contributed by atoms with Crippen molar-refractivity contribution in [3.8, 4) is 6.07 Å². The number of tetrazole rings is 1. The van der Waals surface area contributed by atoms with Crippen molar-refractivity contribution in [3.63, 3.8) is 0 Å². The Bertz CT molecular complexity index is 487. The molecule has 2 aromatic rings. The predicted octanol–water partition coefficient (Wildman–Crippen LogP) is 1.71. The number of nitrogens with zero attached hydrogens (tertiary/aromatic N) is 5. The second-order valence-corrected chi connectivity index (χ2v) is 4.37. The lowest BCUT2D eigenvalue weighted by Gasteiger charge is -2.01. The Morgan fingerprint density at radius 3 is 3.24 bits per heavy atom. The molecule has 0 aliphatic heterocycles. The molecule has 0 aliphatic carbocycles. The van der Waals surface area contributed by atoms with Crippen LogP contribution >= 0.6 is 11.8 Å². The van der Waals surface area contributed by atoms with Crippen LogP contribution in [0.25, 0.3) is 0 Å². The SMILES string of the molecule is N#CCCCSc1nnnn1Cc1ccco1. The van der Waals surface area contributed by atoms with Crippen LogP contribution in [0.5, 0.6) is 0 Å². The van der Waals surface area contributed by atoms with Crippen molar-refractivity contribution >= 4 is 11.8 Å². The highest BCUT2D eigenvalue weighted by atomic mass is 32.2. The summed E-state index contributed by atoms with van der Waals surface area (Å²) in [5.41, 5.74) is 0. The van der Waals surface area contributed by atoms with Crippen LogP contribution in [-0.2, 0) is 6.54 Å². The number of aromatic nitrogens is 4. The van der Waals surface area contributed by atoms with Gasteiger partial charge in [-0.15, -0.1) is 5.10 Å². The Hall–Kier alpha value is -1.81. The van der Waals surface area contributed by atoms with E-state index in [-0.39, 0.29) is 0 Å². The van der Waals surface area contributed by atoms with Gasteiger partial charge in [-0.05, 0) is 29.0 Å².